The summed E-state index contributed by atoms with van der Waals surface area (Å²) in [7, 11) is 1.85. The van der Waals surface area contributed by atoms with Gasteiger partial charge in [0.25, 0.3) is 0 Å². The molecule has 0 radical (unpaired) electrons. The first-order chi connectivity index (χ1) is 7.21. The molecule has 0 aromatic carbocycles. The van der Waals surface area contributed by atoms with Crippen molar-refractivity contribution in [1.82, 2.24) is 15.1 Å². The van der Waals surface area contributed by atoms with Crippen molar-refractivity contribution in [2.24, 2.45) is 0 Å². The predicted molar refractivity (Wildman–Crippen MR) is 60.9 cm³/mol. The van der Waals surface area contributed by atoms with E-state index in [1.165, 1.54) is 0 Å². The lowest BCUT2D eigenvalue weighted by Crippen LogP contribution is -2.26. The maximum atomic E-state index is 9.70. The summed E-state index contributed by atoms with van der Waals surface area (Å²) in [5.41, 5.74) is 2.22. The number of aryl methyl sites for hydroxylation is 2. The molecule has 0 saturated heterocycles. The summed E-state index contributed by atoms with van der Waals surface area (Å²) in [6, 6.07) is 2.09. The van der Waals surface area contributed by atoms with E-state index in [4.69, 9.17) is 0 Å². The minimum atomic E-state index is -0.332. The summed E-state index contributed by atoms with van der Waals surface area (Å²) >= 11 is 0. The first-order valence-electron chi connectivity index (χ1n) is 5.59. The molecule has 0 aliphatic heterocycles. The van der Waals surface area contributed by atoms with Gasteiger partial charge in [0.05, 0.1) is 11.8 Å². The molecule has 4 heteroatoms. The van der Waals surface area contributed by atoms with Gasteiger partial charge in [0, 0.05) is 25.2 Å². The molecule has 86 valence electrons. The van der Waals surface area contributed by atoms with Crippen LogP contribution < -0.4 is 5.32 Å². The summed E-state index contributed by atoms with van der Waals surface area (Å²) in [6.45, 7) is 5.65. The summed E-state index contributed by atoms with van der Waals surface area (Å²) in [4.78, 5) is 0. The lowest BCUT2D eigenvalue weighted by molar-refractivity contribution is 0.172. The van der Waals surface area contributed by atoms with Gasteiger partial charge >= 0.3 is 0 Å². The van der Waals surface area contributed by atoms with Gasteiger partial charge in [-0.25, -0.2) is 0 Å². The molecule has 0 amide bonds. The SMILES string of the molecule is CCc1cc(CC(O)CNC)n(CC)n1. The molecule has 1 aromatic rings. The second-order valence-electron chi connectivity index (χ2n) is 3.71. The van der Waals surface area contributed by atoms with E-state index in [0.29, 0.717) is 13.0 Å². The number of aliphatic hydroxyl groups is 1. The predicted octanol–water partition coefficient (Wildman–Crippen LogP) is 0.588. The molecular weight excluding hydrogens is 190 g/mol. The van der Waals surface area contributed by atoms with Crippen molar-refractivity contribution >= 4 is 0 Å². The van der Waals surface area contributed by atoms with E-state index >= 15 is 0 Å². The number of aliphatic hydroxyl groups excluding tert-OH is 1. The molecule has 0 fully saturated rings. The van der Waals surface area contributed by atoms with Crippen LogP contribution >= 0.6 is 0 Å². The molecule has 15 heavy (non-hydrogen) atoms. The van der Waals surface area contributed by atoms with Crippen LogP contribution in [0.4, 0.5) is 0 Å². The van der Waals surface area contributed by atoms with Crippen LogP contribution in [-0.2, 0) is 19.4 Å². The van der Waals surface area contributed by atoms with Crippen molar-refractivity contribution in [2.45, 2.75) is 39.3 Å². The van der Waals surface area contributed by atoms with Gasteiger partial charge in [-0.15, -0.1) is 0 Å². The molecule has 0 spiro atoms. The van der Waals surface area contributed by atoms with Crippen LogP contribution in [0.2, 0.25) is 0 Å². The number of rotatable bonds is 6. The molecular formula is C11H21N3O. The topological polar surface area (TPSA) is 50.1 Å². The third kappa shape index (κ3) is 3.32. The van der Waals surface area contributed by atoms with E-state index in [9.17, 15) is 5.11 Å². The molecule has 1 unspecified atom stereocenters. The summed E-state index contributed by atoms with van der Waals surface area (Å²) in [5, 5.41) is 17.1. The highest BCUT2D eigenvalue weighted by Crippen LogP contribution is 2.08. The molecule has 0 bridgehead atoms. The molecule has 1 rings (SSSR count). The van der Waals surface area contributed by atoms with Gasteiger partial charge in [-0.3, -0.25) is 4.68 Å². The Balaban J connectivity index is 2.69. The average Bonchev–Trinajstić information content (AvgIpc) is 2.60. The van der Waals surface area contributed by atoms with Gasteiger partial charge in [0.15, 0.2) is 0 Å². The van der Waals surface area contributed by atoms with Crippen molar-refractivity contribution in [2.75, 3.05) is 13.6 Å². The minimum absolute atomic E-state index is 0.332. The lowest BCUT2D eigenvalue weighted by atomic mass is 10.2. The first kappa shape index (κ1) is 12.2. The monoisotopic (exact) mass is 211 g/mol. The van der Waals surface area contributed by atoms with Crippen LogP contribution in [0, 0.1) is 0 Å². The van der Waals surface area contributed by atoms with E-state index in [1.54, 1.807) is 0 Å². The second-order valence-corrected chi connectivity index (χ2v) is 3.71. The second kappa shape index (κ2) is 5.88. The number of hydrogen-bond donors (Lipinski definition) is 2. The zero-order valence-electron chi connectivity index (χ0n) is 9.82. The van der Waals surface area contributed by atoms with Crippen LogP contribution in [0.3, 0.4) is 0 Å². The van der Waals surface area contributed by atoms with Gasteiger partial charge in [0.2, 0.25) is 0 Å². The van der Waals surface area contributed by atoms with Crippen LogP contribution in [0.1, 0.15) is 25.2 Å². The maximum Gasteiger partial charge on any atom is 0.0719 e. The summed E-state index contributed by atoms with van der Waals surface area (Å²) in [6.07, 6.45) is 1.28. The van der Waals surface area contributed by atoms with E-state index in [-0.39, 0.29) is 6.10 Å². The normalized spacial score (nSPS) is 13.1. The van der Waals surface area contributed by atoms with E-state index in [2.05, 4.69) is 30.3 Å². The smallest absolute Gasteiger partial charge is 0.0719 e. The zero-order valence-corrected chi connectivity index (χ0v) is 9.82. The molecule has 0 aliphatic rings. The average molecular weight is 211 g/mol. The number of nitrogens with one attached hydrogen (secondary N) is 1. The molecule has 1 atom stereocenters. The van der Waals surface area contributed by atoms with E-state index in [0.717, 1.165) is 24.4 Å². The van der Waals surface area contributed by atoms with Gasteiger partial charge < -0.3 is 10.4 Å². The fraction of sp³-hybridized carbons (Fsp3) is 0.727. The highest BCUT2D eigenvalue weighted by molar-refractivity contribution is 5.11. The zero-order chi connectivity index (χ0) is 11.3. The van der Waals surface area contributed by atoms with Gasteiger partial charge in [0.1, 0.15) is 0 Å². The molecule has 2 N–H and O–H groups in total. The van der Waals surface area contributed by atoms with Crippen LogP contribution in [0.25, 0.3) is 0 Å². The number of hydrogen-bond acceptors (Lipinski definition) is 3. The van der Waals surface area contributed by atoms with Gasteiger partial charge in [-0.05, 0) is 26.5 Å². The van der Waals surface area contributed by atoms with Gasteiger partial charge in [-0.2, -0.15) is 5.10 Å². The van der Waals surface area contributed by atoms with E-state index in [1.807, 2.05) is 11.7 Å². The maximum absolute atomic E-state index is 9.70. The van der Waals surface area contributed by atoms with Gasteiger partial charge in [-0.1, -0.05) is 6.92 Å². The molecule has 1 aromatic heterocycles. The fourth-order valence-corrected chi connectivity index (χ4v) is 1.68. The Hall–Kier alpha value is -0.870. The molecule has 0 aliphatic carbocycles. The Kier molecular flexibility index (Phi) is 4.78. The summed E-state index contributed by atoms with van der Waals surface area (Å²) in [5.74, 6) is 0. The largest absolute Gasteiger partial charge is 0.391 e. The van der Waals surface area contributed by atoms with Crippen molar-refractivity contribution in [3.63, 3.8) is 0 Å². The minimum Gasteiger partial charge on any atom is -0.391 e. The van der Waals surface area contributed by atoms with Crippen LogP contribution in [-0.4, -0.2) is 34.6 Å². The Bertz CT molecular complexity index is 296. The fourth-order valence-electron chi connectivity index (χ4n) is 1.68. The summed E-state index contributed by atoms with van der Waals surface area (Å²) < 4.78 is 1.97. The Morgan fingerprint density at radius 3 is 2.80 bits per heavy atom. The Labute approximate surface area is 91.3 Å². The first-order valence-corrected chi connectivity index (χ1v) is 5.59. The van der Waals surface area contributed by atoms with Crippen molar-refractivity contribution < 1.29 is 5.11 Å². The third-order valence-corrected chi connectivity index (χ3v) is 2.46. The Morgan fingerprint density at radius 1 is 1.53 bits per heavy atom. The molecule has 4 nitrogen and oxygen atoms in total. The van der Waals surface area contributed by atoms with Crippen LogP contribution in [0.15, 0.2) is 6.07 Å². The number of nitrogens with zero attached hydrogens (tertiary/aromatic N) is 2. The van der Waals surface area contributed by atoms with E-state index < -0.39 is 0 Å². The molecule has 1 heterocycles. The lowest BCUT2D eigenvalue weighted by Gasteiger charge is -2.10. The molecule has 0 saturated carbocycles. The van der Waals surface area contributed by atoms with Crippen LogP contribution in [0.5, 0.6) is 0 Å². The third-order valence-electron chi connectivity index (χ3n) is 2.46. The van der Waals surface area contributed by atoms with Crippen molar-refractivity contribution in [3.05, 3.63) is 17.5 Å². The number of aromatic nitrogens is 2. The van der Waals surface area contributed by atoms with Crippen molar-refractivity contribution in [1.29, 1.82) is 0 Å². The standard InChI is InChI=1S/C11H21N3O/c1-4-9-6-10(14(5-2)13-9)7-11(15)8-12-3/h6,11-12,15H,4-5,7-8H2,1-3H3. The Morgan fingerprint density at radius 2 is 2.27 bits per heavy atom. The van der Waals surface area contributed by atoms with Crippen molar-refractivity contribution in [3.8, 4) is 0 Å². The quantitative estimate of drug-likeness (QED) is 0.724. The highest BCUT2D eigenvalue weighted by Gasteiger charge is 2.10. The number of likely N-dealkylation sites (N-methyl/N-ethyl adjacent to an activating group) is 1. The highest BCUT2D eigenvalue weighted by atomic mass is 16.3.